The first-order valence-corrected chi connectivity index (χ1v) is 12.0. The fourth-order valence-corrected chi connectivity index (χ4v) is 4.79. The van der Waals surface area contributed by atoms with E-state index < -0.39 is 0 Å². The van der Waals surface area contributed by atoms with E-state index in [0.29, 0.717) is 32.8 Å². The quantitative estimate of drug-likeness (QED) is 0.325. The number of aryl methyl sites for hydroxylation is 1. The minimum Gasteiger partial charge on any atom is -0.371 e. The summed E-state index contributed by atoms with van der Waals surface area (Å²) >= 11 is 1.20. The van der Waals surface area contributed by atoms with Crippen molar-refractivity contribution in [3.63, 3.8) is 0 Å². The highest BCUT2D eigenvalue weighted by Crippen LogP contribution is 2.36. The van der Waals surface area contributed by atoms with E-state index in [2.05, 4.69) is 90.5 Å². The molecule has 1 aromatic heterocycles. The van der Waals surface area contributed by atoms with E-state index in [4.69, 9.17) is 0 Å². The average Bonchev–Trinajstić information content (AvgIpc) is 3.13. The lowest BCUT2D eigenvalue weighted by Gasteiger charge is -2.31. The largest absolute Gasteiger partial charge is 0.371 e. The van der Waals surface area contributed by atoms with Crippen LogP contribution in [0.1, 0.15) is 53.8 Å². The van der Waals surface area contributed by atoms with E-state index >= 15 is 0 Å². The van der Waals surface area contributed by atoms with Crippen LogP contribution < -0.4 is 4.90 Å². The van der Waals surface area contributed by atoms with Gasteiger partial charge in [-0.2, -0.15) is 10.5 Å². The zero-order valence-electron chi connectivity index (χ0n) is 19.8. The molecule has 2 aromatic carbocycles. The summed E-state index contributed by atoms with van der Waals surface area (Å²) in [5.41, 5.74) is 5.39. The molecule has 1 atom stereocenters. The summed E-state index contributed by atoms with van der Waals surface area (Å²) in [4.78, 5) is 2.91. The molecule has 3 rings (SSSR count). The van der Waals surface area contributed by atoms with Gasteiger partial charge < -0.3 is 4.90 Å². The highest BCUT2D eigenvalue weighted by atomic mass is 32.1. The van der Waals surface area contributed by atoms with Crippen molar-refractivity contribution in [1.82, 2.24) is 0 Å². The second-order valence-electron chi connectivity index (χ2n) is 8.43. The first-order valence-electron chi connectivity index (χ1n) is 11.1. The van der Waals surface area contributed by atoms with Gasteiger partial charge >= 0.3 is 0 Å². The number of azo groups is 1. The minimum absolute atomic E-state index is 0.423. The molecule has 0 aliphatic rings. The zero-order chi connectivity index (χ0) is 24.0. The maximum Gasteiger partial charge on any atom is 0.158 e. The summed E-state index contributed by atoms with van der Waals surface area (Å²) in [6.07, 6.45) is 0. The summed E-state index contributed by atoms with van der Waals surface area (Å²) in [5.74, 6) is 0.962. The van der Waals surface area contributed by atoms with Gasteiger partial charge in [-0.15, -0.1) is 21.6 Å². The monoisotopic (exact) mass is 455 g/mol. The van der Waals surface area contributed by atoms with Crippen LogP contribution in [0.25, 0.3) is 0 Å². The van der Waals surface area contributed by atoms with Gasteiger partial charge in [-0.1, -0.05) is 44.2 Å². The molecule has 0 bridgehead atoms. The smallest absolute Gasteiger partial charge is 0.158 e. The Morgan fingerprint density at radius 2 is 1.73 bits per heavy atom. The van der Waals surface area contributed by atoms with E-state index in [0.717, 1.165) is 30.0 Å². The van der Waals surface area contributed by atoms with Crippen LogP contribution in [0.15, 0.2) is 58.8 Å². The van der Waals surface area contributed by atoms with Gasteiger partial charge in [-0.25, -0.2) is 0 Å². The molecule has 0 saturated carbocycles. The van der Waals surface area contributed by atoms with Crippen molar-refractivity contribution in [1.29, 1.82) is 10.5 Å². The number of likely N-dealkylation sites (N-methyl/N-ethyl adjacent to an activating group) is 1. The topological polar surface area (TPSA) is 75.5 Å². The van der Waals surface area contributed by atoms with Gasteiger partial charge in [0.25, 0.3) is 0 Å². The molecule has 0 fully saturated rings. The Bertz CT molecular complexity index is 1210. The minimum atomic E-state index is 0.423. The highest BCUT2D eigenvalue weighted by Gasteiger charge is 2.20. The molecule has 5 nitrogen and oxygen atoms in total. The first-order chi connectivity index (χ1) is 15.9. The van der Waals surface area contributed by atoms with Gasteiger partial charge in [-0.3, -0.25) is 0 Å². The number of nitrogens with zero attached hydrogens (tertiary/aromatic N) is 5. The van der Waals surface area contributed by atoms with Crippen molar-refractivity contribution in [2.45, 2.75) is 40.5 Å². The van der Waals surface area contributed by atoms with E-state index in [1.807, 2.05) is 13.0 Å². The molecule has 0 radical (unpaired) electrons. The Morgan fingerprint density at radius 3 is 2.30 bits per heavy atom. The van der Waals surface area contributed by atoms with Crippen molar-refractivity contribution in [3.8, 4) is 12.1 Å². The SMILES string of the molecule is CCN(CC(c1ccccc1)C(C)C)c1ccc(/N=N/c2sc(C#N)c(C)c2C#N)c(C)c1. The molecule has 0 saturated heterocycles. The number of benzene rings is 2. The summed E-state index contributed by atoms with van der Waals surface area (Å²) in [5, 5.41) is 27.8. The number of hydrogen-bond donors (Lipinski definition) is 0. The molecule has 1 heterocycles. The molecule has 0 aliphatic carbocycles. The maximum absolute atomic E-state index is 9.42. The van der Waals surface area contributed by atoms with Gasteiger partial charge in [0.2, 0.25) is 0 Å². The molecular weight excluding hydrogens is 426 g/mol. The molecule has 0 amide bonds. The van der Waals surface area contributed by atoms with Crippen molar-refractivity contribution >= 4 is 27.7 Å². The summed E-state index contributed by atoms with van der Waals surface area (Å²) < 4.78 is 0. The van der Waals surface area contributed by atoms with Crippen LogP contribution in [0.2, 0.25) is 0 Å². The normalized spacial score (nSPS) is 12.0. The number of rotatable bonds is 8. The molecule has 1 unspecified atom stereocenters. The van der Waals surface area contributed by atoms with Crippen LogP contribution in [-0.4, -0.2) is 13.1 Å². The molecule has 0 spiro atoms. The van der Waals surface area contributed by atoms with Gasteiger partial charge in [0.15, 0.2) is 5.00 Å². The molecule has 3 aromatic rings. The average molecular weight is 456 g/mol. The van der Waals surface area contributed by atoms with E-state index in [-0.39, 0.29) is 0 Å². The molecule has 0 N–H and O–H groups in total. The van der Waals surface area contributed by atoms with Gasteiger partial charge in [0, 0.05) is 24.7 Å². The second kappa shape index (κ2) is 10.9. The summed E-state index contributed by atoms with van der Waals surface area (Å²) in [6.45, 7) is 12.4. The fourth-order valence-electron chi connectivity index (χ4n) is 3.91. The molecular formula is C27H29N5S. The van der Waals surface area contributed by atoms with Crippen molar-refractivity contribution in [3.05, 3.63) is 75.7 Å². The Morgan fingerprint density at radius 1 is 1.00 bits per heavy atom. The Labute approximate surface area is 200 Å². The van der Waals surface area contributed by atoms with E-state index in [1.165, 1.54) is 16.9 Å². The third-order valence-corrected chi connectivity index (χ3v) is 7.05. The van der Waals surface area contributed by atoms with Crippen molar-refractivity contribution < 1.29 is 0 Å². The number of hydrogen-bond acceptors (Lipinski definition) is 6. The Balaban J connectivity index is 1.84. The van der Waals surface area contributed by atoms with Crippen LogP contribution in [-0.2, 0) is 0 Å². The number of nitriles is 2. The van der Waals surface area contributed by atoms with Crippen LogP contribution in [0.5, 0.6) is 0 Å². The standard InChI is InChI=1S/C27H29N5S/c1-6-32(17-24(18(2)3)21-10-8-7-9-11-21)22-12-13-25(19(4)14-22)30-31-27-23(15-28)20(5)26(16-29)33-27/h7-14,18,24H,6,17H2,1-5H3/b31-30+. The van der Waals surface area contributed by atoms with Crippen LogP contribution >= 0.6 is 11.3 Å². The third-order valence-electron chi connectivity index (χ3n) is 5.97. The lowest BCUT2D eigenvalue weighted by molar-refractivity contribution is 0.491. The zero-order valence-corrected chi connectivity index (χ0v) is 20.6. The maximum atomic E-state index is 9.42. The van der Waals surface area contributed by atoms with E-state index in [1.54, 1.807) is 6.92 Å². The van der Waals surface area contributed by atoms with Crippen LogP contribution in [0, 0.1) is 42.4 Å². The Hall–Kier alpha value is -3.48. The van der Waals surface area contributed by atoms with Crippen LogP contribution in [0.4, 0.5) is 16.4 Å². The highest BCUT2D eigenvalue weighted by molar-refractivity contribution is 7.16. The first kappa shape index (κ1) is 24.2. The number of thiophene rings is 1. The fraction of sp³-hybridized carbons (Fsp3) is 0.333. The Kier molecular flexibility index (Phi) is 7.98. The second-order valence-corrected chi connectivity index (χ2v) is 9.43. The van der Waals surface area contributed by atoms with Crippen molar-refractivity contribution in [2.24, 2.45) is 16.1 Å². The van der Waals surface area contributed by atoms with Gasteiger partial charge in [-0.05, 0) is 61.6 Å². The lowest BCUT2D eigenvalue weighted by Crippen LogP contribution is -2.30. The lowest BCUT2D eigenvalue weighted by atomic mass is 9.88. The van der Waals surface area contributed by atoms with Gasteiger partial charge in [0.05, 0.1) is 11.3 Å². The third kappa shape index (κ3) is 5.48. The molecule has 168 valence electrons. The predicted molar refractivity (Wildman–Crippen MR) is 136 cm³/mol. The molecule has 6 heteroatoms. The summed E-state index contributed by atoms with van der Waals surface area (Å²) in [6, 6.07) is 21.2. The van der Waals surface area contributed by atoms with Gasteiger partial charge in [0.1, 0.15) is 17.0 Å². The van der Waals surface area contributed by atoms with Crippen molar-refractivity contribution in [2.75, 3.05) is 18.0 Å². The van der Waals surface area contributed by atoms with E-state index in [9.17, 15) is 10.5 Å². The van der Waals surface area contributed by atoms with Crippen LogP contribution in [0.3, 0.4) is 0 Å². The summed E-state index contributed by atoms with van der Waals surface area (Å²) in [7, 11) is 0. The molecule has 0 aliphatic heterocycles. The number of anilines is 1. The molecule has 33 heavy (non-hydrogen) atoms. The predicted octanol–water partition coefficient (Wildman–Crippen LogP) is 7.79.